The second kappa shape index (κ2) is 15.4. The van der Waals surface area contributed by atoms with Crippen molar-refractivity contribution in [3.8, 4) is 0 Å². The number of unbranched alkanes of at least 4 members (excludes halogenated alkanes) is 1. The molecule has 13 heteroatoms. The monoisotopic (exact) mass is 650 g/mol. The average Bonchev–Trinajstić information content (AvgIpc) is 3.52. The largest absolute Gasteiger partial charge is 0.385 e. The maximum atomic E-state index is 14.1. The Kier molecular flexibility index (Phi) is 11.1. The number of carbonyl (C=O) groups is 2. The topological polar surface area (TPSA) is 119 Å². The fraction of sp³-hybridized carbons (Fsp3) is 0.471. The van der Waals surface area contributed by atoms with E-state index in [1.807, 2.05) is 6.92 Å². The Morgan fingerprint density at radius 2 is 1.81 bits per heavy atom. The SMILES string of the molecule is CCCn1c2c(c(=O)n(CCCCOC)c1=O)CC(c1ccc(N(CCCN3CCCCC3=O)C(=O)c3ccc(F)c(F)c3)nc1)=N2. The third-order valence-electron chi connectivity index (χ3n) is 8.50. The minimum Gasteiger partial charge on any atom is -0.385 e. The Labute approximate surface area is 271 Å². The smallest absolute Gasteiger partial charge is 0.332 e. The molecule has 0 unspecified atom stereocenters. The summed E-state index contributed by atoms with van der Waals surface area (Å²) in [6.45, 7) is 4.51. The Morgan fingerprint density at radius 1 is 0.979 bits per heavy atom. The number of halogens is 2. The number of nitrogens with zero attached hydrogens (tertiary/aromatic N) is 6. The number of hydrogen-bond acceptors (Lipinski definition) is 7. The number of aliphatic imine (C=N–C) groups is 1. The molecule has 0 atom stereocenters. The quantitative estimate of drug-likeness (QED) is 0.241. The highest BCUT2D eigenvalue weighted by Gasteiger charge is 2.27. The maximum Gasteiger partial charge on any atom is 0.332 e. The van der Waals surface area contributed by atoms with Crippen LogP contribution in [-0.2, 0) is 29.0 Å². The van der Waals surface area contributed by atoms with E-state index >= 15 is 0 Å². The van der Waals surface area contributed by atoms with Gasteiger partial charge in [0, 0.05) is 76.6 Å². The van der Waals surface area contributed by atoms with Crippen LogP contribution in [0, 0.1) is 11.6 Å². The molecule has 2 amide bonds. The molecule has 3 aromatic rings. The van der Waals surface area contributed by atoms with Gasteiger partial charge >= 0.3 is 5.69 Å². The van der Waals surface area contributed by atoms with Crippen molar-refractivity contribution in [2.75, 3.05) is 38.3 Å². The van der Waals surface area contributed by atoms with E-state index in [0.717, 1.165) is 31.4 Å². The third kappa shape index (κ3) is 7.56. The summed E-state index contributed by atoms with van der Waals surface area (Å²) in [4.78, 5) is 65.0. The van der Waals surface area contributed by atoms with Crippen LogP contribution in [0.4, 0.5) is 20.4 Å². The summed E-state index contributed by atoms with van der Waals surface area (Å²) in [7, 11) is 1.61. The van der Waals surface area contributed by atoms with Gasteiger partial charge in [-0.1, -0.05) is 6.92 Å². The molecule has 0 aliphatic carbocycles. The summed E-state index contributed by atoms with van der Waals surface area (Å²) < 4.78 is 35.6. The normalized spacial score (nSPS) is 14.3. The number of likely N-dealkylation sites (tertiary alicyclic amines) is 1. The predicted octanol–water partition coefficient (Wildman–Crippen LogP) is 4.25. The Balaban J connectivity index is 1.40. The van der Waals surface area contributed by atoms with Gasteiger partial charge < -0.3 is 9.64 Å². The van der Waals surface area contributed by atoms with Gasteiger partial charge in [-0.15, -0.1) is 0 Å². The van der Waals surface area contributed by atoms with Crippen molar-refractivity contribution in [2.24, 2.45) is 4.99 Å². The first-order valence-electron chi connectivity index (χ1n) is 16.2. The minimum absolute atomic E-state index is 0.0353. The van der Waals surface area contributed by atoms with Gasteiger partial charge in [-0.2, -0.15) is 0 Å². The molecule has 0 bridgehead atoms. The van der Waals surface area contributed by atoms with Crippen LogP contribution >= 0.6 is 0 Å². The van der Waals surface area contributed by atoms with Crippen LogP contribution in [0.1, 0.15) is 73.4 Å². The van der Waals surface area contributed by atoms with Crippen LogP contribution in [0.3, 0.4) is 0 Å². The lowest BCUT2D eigenvalue weighted by Crippen LogP contribution is -2.41. The first kappa shape index (κ1) is 33.8. The number of piperidine rings is 1. The van der Waals surface area contributed by atoms with E-state index in [4.69, 9.17) is 9.73 Å². The highest BCUT2D eigenvalue weighted by atomic mass is 19.2. The van der Waals surface area contributed by atoms with Crippen LogP contribution < -0.4 is 16.1 Å². The first-order valence-corrected chi connectivity index (χ1v) is 16.2. The number of aromatic nitrogens is 3. The van der Waals surface area contributed by atoms with Crippen molar-refractivity contribution in [3.05, 3.63) is 85.7 Å². The molecule has 2 aromatic heterocycles. The summed E-state index contributed by atoms with van der Waals surface area (Å²) in [5, 5.41) is 0. The zero-order chi connectivity index (χ0) is 33.5. The summed E-state index contributed by atoms with van der Waals surface area (Å²) in [6.07, 6.45) is 6.55. The van der Waals surface area contributed by atoms with Gasteiger partial charge in [-0.05, 0) is 68.9 Å². The number of methoxy groups -OCH3 is 1. The van der Waals surface area contributed by atoms with Gasteiger partial charge in [0.15, 0.2) is 11.6 Å². The second-order valence-electron chi connectivity index (χ2n) is 11.8. The van der Waals surface area contributed by atoms with Gasteiger partial charge in [0.2, 0.25) is 5.91 Å². The van der Waals surface area contributed by atoms with Crippen molar-refractivity contribution in [3.63, 3.8) is 0 Å². The van der Waals surface area contributed by atoms with Gasteiger partial charge in [-0.25, -0.2) is 23.6 Å². The average molecular weight is 651 g/mol. The number of rotatable bonds is 14. The van der Waals surface area contributed by atoms with Gasteiger partial charge in [0.25, 0.3) is 11.5 Å². The van der Waals surface area contributed by atoms with Gasteiger partial charge in [0.1, 0.15) is 11.6 Å². The molecule has 4 heterocycles. The van der Waals surface area contributed by atoms with Crippen LogP contribution in [0.2, 0.25) is 0 Å². The van der Waals surface area contributed by atoms with Crippen LogP contribution in [0.25, 0.3) is 0 Å². The Hall–Kier alpha value is -4.52. The number of benzene rings is 1. The molecule has 1 fully saturated rings. The lowest BCUT2D eigenvalue weighted by atomic mass is 10.1. The van der Waals surface area contributed by atoms with Crippen molar-refractivity contribution < 1.29 is 23.1 Å². The van der Waals surface area contributed by atoms with E-state index in [1.165, 1.54) is 15.5 Å². The summed E-state index contributed by atoms with van der Waals surface area (Å²) in [5.41, 5.74) is 0.862. The molecular weight excluding hydrogens is 610 g/mol. The number of fused-ring (bicyclic) bond motifs is 1. The number of amides is 2. The standard InChI is InChI=1S/C34H40F2N6O5/c1-3-14-41-31-25(33(45)42(34(41)46)17-6-7-19-47-2)21-28(38-31)24-11-13-29(37-22-24)40(18-8-16-39-15-5-4-9-30(39)43)32(44)23-10-12-26(35)27(36)20-23/h10-13,20,22H,3-9,14-19,21H2,1-2H3. The molecule has 0 spiro atoms. The molecule has 0 radical (unpaired) electrons. The van der Waals surface area contributed by atoms with Crippen LogP contribution in [0.15, 0.2) is 51.1 Å². The number of carbonyl (C=O) groups excluding carboxylic acids is 2. The van der Waals surface area contributed by atoms with Crippen molar-refractivity contribution in [2.45, 2.75) is 71.4 Å². The first-order chi connectivity index (χ1) is 22.7. The summed E-state index contributed by atoms with van der Waals surface area (Å²) in [5.74, 6) is -2.03. The van der Waals surface area contributed by atoms with E-state index in [9.17, 15) is 28.0 Å². The summed E-state index contributed by atoms with van der Waals surface area (Å²) >= 11 is 0. The third-order valence-corrected chi connectivity index (χ3v) is 8.50. The van der Waals surface area contributed by atoms with E-state index in [1.54, 1.807) is 34.9 Å². The zero-order valence-electron chi connectivity index (χ0n) is 26.8. The predicted molar refractivity (Wildman–Crippen MR) is 174 cm³/mol. The molecular formula is C34H40F2N6O5. The Bertz CT molecular complexity index is 1770. The minimum atomic E-state index is -1.13. The lowest BCUT2D eigenvalue weighted by molar-refractivity contribution is -0.133. The molecule has 1 aromatic carbocycles. The number of anilines is 1. The van der Waals surface area contributed by atoms with Crippen molar-refractivity contribution in [1.29, 1.82) is 0 Å². The number of pyridine rings is 1. The maximum absolute atomic E-state index is 14.1. The highest BCUT2D eigenvalue weighted by molar-refractivity contribution is 6.07. The lowest BCUT2D eigenvalue weighted by Gasteiger charge is -2.28. The molecule has 2 aliphatic rings. The number of ether oxygens (including phenoxy) is 1. The molecule has 11 nitrogen and oxygen atoms in total. The Morgan fingerprint density at radius 3 is 2.51 bits per heavy atom. The fourth-order valence-electron chi connectivity index (χ4n) is 6.01. The molecule has 250 valence electrons. The van der Waals surface area contributed by atoms with Crippen molar-refractivity contribution >= 4 is 29.2 Å². The van der Waals surface area contributed by atoms with Crippen LogP contribution in [-0.4, -0.2) is 69.9 Å². The van der Waals surface area contributed by atoms with E-state index < -0.39 is 17.5 Å². The molecule has 5 rings (SSSR count). The molecule has 1 saturated heterocycles. The molecule has 0 saturated carbocycles. The van der Waals surface area contributed by atoms with Crippen LogP contribution in [0.5, 0.6) is 0 Å². The summed E-state index contributed by atoms with van der Waals surface area (Å²) in [6, 6.07) is 6.36. The molecule has 2 aliphatic heterocycles. The second-order valence-corrected chi connectivity index (χ2v) is 11.8. The van der Waals surface area contributed by atoms with Gasteiger partial charge in [-0.3, -0.25) is 28.4 Å². The zero-order valence-corrected chi connectivity index (χ0v) is 26.8. The molecule has 47 heavy (non-hydrogen) atoms. The van der Waals surface area contributed by atoms with E-state index in [2.05, 4.69) is 4.98 Å². The van der Waals surface area contributed by atoms with E-state index in [-0.39, 0.29) is 48.0 Å². The fourth-order valence-corrected chi connectivity index (χ4v) is 6.01. The van der Waals surface area contributed by atoms with E-state index in [0.29, 0.717) is 74.6 Å². The number of hydrogen-bond donors (Lipinski definition) is 0. The molecule has 0 N–H and O–H groups in total. The highest BCUT2D eigenvalue weighted by Crippen LogP contribution is 2.27. The van der Waals surface area contributed by atoms with Gasteiger partial charge in [0.05, 0.1) is 11.3 Å². The van der Waals surface area contributed by atoms with Crippen molar-refractivity contribution in [1.82, 2.24) is 19.0 Å².